The number of hydrogen-bond acceptors (Lipinski definition) is 3. The molecule has 0 radical (unpaired) electrons. The quantitative estimate of drug-likeness (QED) is 0.752. The molecule has 0 unspecified atom stereocenters. The number of hydrogen-bond donors (Lipinski definition) is 2. The van der Waals surface area contributed by atoms with E-state index in [0.29, 0.717) is 12.2 Å². The number of halogens is 1. The highest BCUT2D eigenvalue weighted by molar-refractivity contribution is 5.88. The van der Waals surface area contributed by atoms with Crippen LogP contribution in [-0.4, -0.2) is 22.6 Å². The van der Waals surface area contributed by atoms with Crippen LogP contribution < -0.4 is 5.73 Å². The van der Waals surface area contributed by atoms with Crippen LogP contribution in [-0.2, 0) is 0 Å². The van der Waals surface area contributed by atoms with Crippen molar-refractivity contribution in [1.29, 1.82) is 0 Å². The lowest BCUT2D eigenvalue weighted by Crippen LogP contribution is -2.02. The maximum absolute atomic E-state index is 12.9. The van der Waals surface area contributed by atoms with E-state index in [1.807, 2.05) is 0 Å². The topological polar surface area (TPSA) is 76.2 Å². The van der Waals surface area contributed by atoms with Crippen LogP contribution >= 0.6 is 0 Å². The Kier molecular flexibility index (Phi) is 3.30. The smallest absolute Gasteiger partial charge is 0.338 e. The monoisotopic (exact) mass is 196 g/mol. The molecule has 0 saturated heterocycles. The second-order valence-corrected chi connectivity index (χ2v) is 2.53. The van der Waals surface area contributed by atoms with Gasteiger partial charge in [-0.2, -0.15) is 0 Å². The number of aromatic nitrogens is 1. The van der Waals surface area contributed by atoms with Crippen LogP contribution in [0, 0.1) is 5.82 Å². The summed E-state index contributed by atoms with van der Waals surface area (Å²) in [6.07, 6.45) is 4.01. The van der Waals surface area contributed by atoms with Crippen molar-refractivity contribution in [2.24, 2.45) is 5.73 Å². The first-order valence-corrected chi connectivity index (χ1v) is 3.90. The number of carboxylic acids is 1. The van der Waals surface area contributed by atoms with Crippen LogP contribution in [0.4, 0.5) is 4.39 Å². The van der Waals surface area contributed by atoms with Gasteiger partial charge in [0.2, 0.25) is 0 Å². The van der Waals surface area contributed by atoms with Crippen LogP contribution in [0.5, 0.6) is 0 Å². The molecule has 0 saturated carbocycles. The highest BCUT2D eigenvalue weighted by Crippen LogP contribution is 2.08. The van der Waals surface area contributed by atoms with Crippen LogP contribution in [0.2, 0.25) is 0 Å². The van der Waals surface area contributed by atoms with Gasteiger partial charge in [0.25, 0.3) is 0 Å². The van der Waals surface area contributed by atoms with Gasteiger partial charge in [0.1, 0.15) is 0 Å². The van der Waals surface area contributed by atoms with Gasteiger partial charge in [0.15, 0.2) is 5.82 Å². The van der Waals surface area contributed by atoms with Crippen LogP contribution in [0.1, 0.15) is 16.1 Å². The minimum Gasteiger partial charge on any atom is -0.478 e. The molecule has 1 rings (SSSR count). The molecule has 0 fully saturated rings. The summed E-state index contributed by atoms with van der Waals surface area (Å²) < 4.78 is 12.9. The molecule has 5 heteroatoms. The Balaban J connectivity index is 3.06. The molecular formula is C9H9FN2O2. The zero-order valence-corrected chi connectivity index (χ0v) is 7.27. The molecule has 0 aliphatic rings. The van der Waals surface area contributed by atoms with Crippen LogP contribution in [0.25, 0.3) is 6.08 Å². The highest BCUT2D eigenvalue weighted by Gasteiger charge is 2.10. The number of pyridine rings is 1. The second-order valence-electron chi connectivity index (χ2n) is 2.53. The predicted molar refractivity (Wildman–Crippen MR) is 49.2 cm³/mol. The van der Waals surface area contributed by atoms with Crippen molar-refractivity contribution in [3.8, 4) is 0 Å². The Bertz CT molecular complexity index is 377. The lowest BCUT2D eigenvalue weighted by Gasteiger charge is -1.97. The van der Waals surface area contributed by atoms with Gasteiger partial charge in [0.05, 0.1) is 17.5 Å². The first-order chi connectivity index (χ1) is 6.65. The fourth-order valence-electron chi connectivity index (χ4n) is 0.899. The number of rotatable bonds is 3. The normalized spacial score (nSPS) is 10.7. The number of carboxylic acid groups (broad SMARTS) is 1. The van der Waals surface area contributed by atoms with Crippen LogP contribution in [0.3, 0.4) is 0 Å². The summed E-state index contributed by atoms with van der Waals surface area (Å²) in [5.41, 5.74) is 5.18. The first kappa shape index (κ1) is 10.3. The van der Waals surface area contributed by atoms with E-state index in [9.17, 15) is 9.18 Å². The Labute approximate surface area is 79.9 Å². The predicted octanol–water partition coefficient (Wildman–Crippen LogP) is 0.891. The minimum atomic E-state index is -1.31. The Hall–Kier alpha value is -1.75. The Morgan fingerprint density at radius 2 is 2.43 bits per heavy atom. The molecule has 0 aromatic carbocycles. The maximum Gasteiger partial charge on any atom is 0.338 e. The lowest BCUT2D eigenvalue weighted by molar-refractivity contribution is 0.0691. The molecule has 74 valence electrons. The SMILES string of the molecule is NCC=Cc1cc(C(=O)O)c(F)cn1. The van der Waals surface area contributed by atoms with E-state index < -0.39 is 17.3 Å². The van der Waals surface area contributed by atoms with Crippen molar-refractivity contribution in [1.82, 2.24) is 4.98 Å². The number of nitrogens with zero attached hydrogens (tertiary/aromatic N) is 1. The fourth-order valence-corrected chi connectivity index (χ4v) is 0.899. The summed E-state index contributed by atoms with van der Waals surface area (Å²) in [6, 6.07) is 1.16. The van der Waals surface area contributed by atoms with Gasteiger partial charge in [-0.25, -0.2) is 9.18 Å². The summed E-state index contributed by atoms with van der Waals surface area (Å²) in [5.74, 6) is -2.16. The highest BCUT2D eigenvalue weighted by atomic mass is 19.1. The first-order valence-electron chi connectivity index (χ1n) is 3.90. The van der Waals surface area contributed by atoms with Crippen molar-refractivity contribution in [2.75, 3.05) is 6.54 Å². The van der Waals surface area contributed by atoms with Gasteiger partial charge in [-0.15, -0.1) is 0 Å². The third kappa shape index (κ3) is 2.37. The largest absolute Gasteiger partial charge is 0.478 e. The molecule has 14 heavy (non-hydrogen) atoms. The van der Waals surface area contributed by atoms with Gasteiger partial charge in [-0.3, -0.25) is 4.98 Å². The third-order valence-electron chi connectivity index (χ3n) is 1.53. The standard InChI is InChI=1S/C9H9FN2O2/c10-8-5-12-6(2-1-3-11)4-7(8)9(13)14/h1-2,4-5H,3,11H2,(H,13,14). The van der Waals surface area contributed by atoms with E-state index in [4.69, 9.17) is 10.8 Å². The molecule has 1 aromatic heterocycles. The Morgan fingerprint density at radius 1 is 1.71 bits per heavy atom. The van der Waals surface area contributed by atoms with E-state index in [-0.39, 0.29) is 0 Å². The zero-order valence-electron chi connectivity index (χ0n) is 7.27. The molecule has 0 spiro atoms. The molecule has 3 N–H and O–H groups in total. The molecule has 0 bridgehead atoms. The van der Waals surface area contributed by atoms with Gasteiger partial charge < -0.3 is 10.8 Å². The van der Waals surface area contributed by atoms with E-state index in [0.717, 1.165) is 12.3 Å². The summed E-state index contributed by atoms with van der Waals surface area (Å²) in [4.78, 5) is 14.2. The van der Waals surface area contributed by atoms with Crippen molar-refractivity contribution in [2.45, 2.75) is 0 Å². The van der Waals surface area contributed by atoms with Gasteiger partial charge in [-0.05, 0) is 12.1 Å². The lowest BCUT2D eigenvalue weighted by atomic mass is 10.2. The summed E-state index contributed by atoms with van der Waals surface area (Å²) in [6.45, 7) is 0.321. The van der Waals surface area contributed by atoms with E-state index in [1.165, 1.54) is 6.08 Å². The minimum absolute atomic E-state index is 0.321. The third-order valence-corrected chi connectivity index (χ3v) is 1.53. The van der Waals surface area contributed by atoms with Gasteiger partial charge in [-0.1, -0.05) is 6.08 Å². The average molecular weight is 196 g/mol. The molecule has 4 nitrogen and oxygen atoms in total. The molecule has 1 heterocycles. The number of aromatic carboxylic acids is 1. The Morgan fingerprint density at radius 3 is 3.00 bits per heavy atom. The molecule has 0 aliphatic carbocycles. The van der Waals surface area contributed by atoms with E-state index in [1.54, 1.807) is 6.08 Å². The second kappa shape index (κ2) is 4.48. The molecule has 0 aliphatic heterocycles. The fraction of sp³-hybridized carbons (Fsp3) is 0.111. The number of nitrogens with two attached hydrogens (primary N) is 1. The molecular weight excluding hydrogens is 187 g/mol. The van der Waals surface area contributed by atoms with E-state index in [2.05, 4.69) is 4.98 Å². The molecule has 0 atom stereocenters. The van der Waals surface area contributed by atoms with Crippen LogP contribution in [0.15, 0.2) is 18.3 Å². The van der Waals surface area contributed by atoms with Crippen molar-refractivity contribution < 1.29 is 14.3 Å². The summed E-state index contributed by atoms with van der Waals surface area (Å²) >= 11 is 0. The summed E-state index contributed by atoms with van der Waals surface area (Å²) in [5, 5.41) is 8.60. The van der Waals surface area contributed by atoms with Gasteiger partial charge in [0, 0.05) is 6.54 Å². The van der Waals surface area contributed by atoms with Crippen molar-refractivity contribution >= 4 is 12.0 Å². The van der Waals surface area contributed by atoms with Crippen molar-refractivity contribution in [3.05, 3.63) is 35.4 Å². The summed E-state index contributed by atoms with van der Waals surface area (Å²) in [7, 11) is 0. The van der Waals surface area contributed by atoms with Gasteiger partial charge >= 0.3 is 5.97 Å². The molecule has 1 aromatic rings. The number of carbonyl (C=O) groups is 1. The average Bonchev–Trinajstić information content (AvgIpc) is 2.16. The maximum atomic E-state index is 12.9. The van der Waals surface area contributed by atoms with Crippen molar-refractivity contribution in [3.63, 3.8) is 0 Å². The zero-order chi connectivity index (χ0) is 10.6. The van der Waals surface area contributed by atoms with E-state index >= 15 is 0 Å². The molecule has 0 amide bonds.